The third-order valence-electron chi connectivity index (χ3n) is 4.36. The first-order valence-corrected chi connectivity index (χ1v) is 7.99. The van der Waals surface area contributed by atoms with Crippen LogP contribution in [-0.4, -0.2) is 44.2 Å². The fourth-order valence-electron chi connectivity index (χ4n) is 3.21. The van der Waals surface area contributed by atoms with Crippen molar-refractivity contribution >= 4 is 23.2 Å². The van der Waals surface area contributed by atoms with Gasteiger partial charge in [0.25, 0.3) is 0 Å². The number of nitrogens with zero attached hydrogens (tertiary/aromatic N) is 1. The van der Waals surface area contributed by atoms with E-state index in [0.717, 1.165) is 18.4 Å². The van der Waals surface area contributed by atoms with Gasteiger partial charge in [-0.2, -0.15) is 0 Å². The largest absolute Gasteiger partial charge is 0.489 e. The van der Waals surface area contributed by atoms with Crippen molar-refractivity contribution in [1.29, 1.82) is 0 Å². The van der Waals surface area contributed by atoms with Gasteiger partial charge in [-0.1, -0.05) is 29.3 Å². The zero-order chi connectivity index (χ0) is 13.9. The van der Waals surface area contributed by atoms with Crippen molar-refractivity contribution in [2.75, 3.05) is 39.3 Å². The Kier molecular flexibility index (Phi) is 4.72. The van der Waals surface area contributed by atoms with Crippen LogP contribution in [0, 0.1) is 11.8 Å². The highest BCUT2D eigenvalue weighted by atomic mass is 35.5. The molecule has 2 heterocycles. The number of hydrogen-bond donors (Lipinski definition) is 1. The van der Waals surface area contributed by atoms with Gasteiger partial charge in [0.2, 0.25) is 0 Å². The SMILES string of the molecule is Clc1cccc(Cl)c1OCCN1CCC2CNCC2C1. The summed E-state index contributed by atoms with van der Waals surface area (Å²) in [5.74, 6) is 2.30. The monoisotopic (exact) mass is 314 g/mol. The number of fused-ring (bicyclic) bond motifs is 1. The van der Waals surface area contributed by atoms with E-state index in [1.807, 2.05) is 6.07 Å². The summed E-state index contributed by atoms with van der Waals surface area (Å²) in [7, 11) is 0. The second kappa shape index (κ2) is 6.52. The molecule has 2 aliphatic rings. The predicted molar refractivity (Wildman–Crippen MR) is 82.9 cm³/mol. The summed E-state index contributed by atoms with van der Waals surface area (Å²) in [5, 5.41) is 4.65. The van der Waals surface area contributed by atoms with Crippen molar-refractivity contribution in [2.24, 2.45) is 11.8 Å². The Labute approximate surface area is 130 Å². The number of para-hydroxylation sites is 1. The lowest BCUT2D eigenvalue weighted by atomic mass is 9.89. The number of hydrogen-bond acceptors (Lipinski definition) is 3. The van der Waals surface area contributed by atoms with Gasteiger partial charge >= 0.3 is 0 Å². The molecule has 0 amide bonds. The van der Waals surface area contributed by atoms with E-state index in [0.29, 0.717) is 22.4 Å². The Morgan fingerprint density at radius 2 is 1.95 bits per heavy atom. The smallest absolute Gasteiger partial charge is 0.156 e. The standard InChI is InChI=1S/C15H20Cl2N2O/c16-13-2-1-3-14(17)15(13)20-7-6-19-5-4-11-8-18-9-12(11)10-19/h1-3,11-12,18H,4-10H2. The summed E-state index contributed by atoms with van der Waals surface area (Å²) in [6, 6.07) is 5.44. The molecule has 20 heavy (non-hydrogen) atoms. The average Bonchev–Trinajstić information content (AvgIpc) is 2.89. The summed E-state index contributed by atoms with van der Waals surface area (Å²) in [6.45, 7) is 6.28. The first-order valence-electron chi connectivity index (χ1n) is 7.24. The van der Waals surface area contributed by atoms with E-state index in [1.165, 1.54) is 32.6 Å². The predicted octanol–water partition coefficient (Wildman–Crippen LogP) is 2.91. The number of halogens is 2. The molecule has 1 aromatic carbocycles. The lowest BCUT2D eigenvalue weighted by Crippen LogP contribution is -2.41. The number of likely N-dealkylation sites (tertiary alicyclic amines) is 1. The van der Waals surface area contributed by atoms with Gasteiger partial charge in [-0.15, -0.1) is 0 Å². The van der Waals surface area contributed by atoms with E-state index >= 15 is 0 Å². The van der Waals surface area contributed by atoms with E-state index < -0.39 is 0 Å². The molecule has 0 radical (unpaired) electrons. The van der Waals surface area contributed by atoms with Gasteiger partial charge in [-0.05, 0) is 50.0 Å². The normalized spacial score (nSPS) is 26.5. The molecule has 1 N–H and O–H groups in total. The summed E-state index contributed by atoms with van der Waals surface area (Å²) in [5.41, 5.74) is 0. The molecule has 1 aromatic rings. The molecule has 2 aliphatic heterocycles. The van der Waals surface area contributed by atoms with Crippen molar-refractivity contribution in [3.8, 4) is 5.75 Å². The molecule has 3 rings (SSSR count). The van der Waals surface area contributed by atoms with Crippen LogP contribution in [0.2, 0.25) is 10.0 Å². The third-order valence-corrected chi connectivity index (χ3v) is 4.96. The van der Waals surface area contributed by atoms with Crippen molar-refractivity contribution in [3.63, 3.8) is 0 Å². The van der Waals surface area contributed by atoms with Crippen LogP contribution in [-0.2, 0) is 0 Å². The highest BCUT2D eigenvalue weighted by molar-refractivity contribution is 6.37. The zero-order valence-corrected chi connectivity index (χ0v) is 13.0. The van der Waals surface area contributed by atoms with Gasteiger partial charge in [0.15, 0.2) is 5.75 Å². The Balaban J connectivity index is 1.48. The fraction of sp³-hybridized carbons (Fsp3) is 0.600. The maximum atomic E-state index is 6.09. The van der Waals surface area contributed by atoms with E-state index in [-0.39, 0.29) is 0 Å². The summed E-state index contributed by atoms with van der Waals surface area (Å²) in [4.78, 5) is 2.49. The molecule has 2 fully saturated rings. The first kappa shape index (κ1) is 14.5. The molecule has 0 spiro atoms. The van der Waals surface area contributed by atoms with Crippen molar-refractivity contribution < 1.29 is 4.74 Å². The van der Waals surface area contributed by atoms with Crippen LogP contribution >= 0.6 is 23.2 Å². The lowest BCUT2D eigenvalue weighted by molar-refractivity contribution is 0.127. The molecule has 0 bridgehead atoms. The lowest BCUT2D eigenvalue weighted by Gasteiger charge is -2.34. The molecule has 2 unspecified atom stereocenters. The minimum atomic E-state index is 0.580. The topological polar surface area (TPSA) is 24.5 Å². The molecule has 0 aliphatic carbocycles. The maximum Gasteiger partial charge on any atom is 0.156 e. The molecule has 0 saturated carbocycles. The Bertz CT molecular complexity index is 449. The van der Waals surface area contributed by atoms with E-state index in [9.17, 15) is 0 Å². The quantitative estimate of drug-likeness (QED) is 0.925. The molecular weight excluding hydrogens is 295 g/mol. The number of benzene rings is 1. The van der Waals surface area contributed by atoms with E-state index in [2.05, 4.69) is 10.2 Å². The van der Waals surface area contributed by atoms with E-state index in [1.54, 1.807) is 12.1 Å². The zero-order valence-electron chi connectivity index (χ0n) is 11.4. The third kappa shape index (κ3) is 3.22. The molecule has 3 nitrogen and oxygen atoms in total. The van der Waals surface area contributed by atoms with E-state index in [4.69, 9.17) is 27.9 Å². The van der Waals surface area contributed by atoms with Gasteiger partial charge in [0, 0.05) is 13.1 Å². The molecule has 5 heteroatoms. The average molecular weight is 315 g/mol. The van der Waals surface area contributed by atoms with Gasteiger partial charge in [-0.25, -0.2) is 0 Å². The minimum Gasteiger partial charge on any atom is -0.489 e. The summed E-state index contributed by atoms with van der Waals surface area (Å²) < 4.78 is 5.76. The van der Waals surface area contributed by atoms with Crippen LogP contribution in [0.3, 0.4) is 0 Å². The molecule has 110 valence electrons. The Morgan fingerprint density at radius 1 is 1.20 bits per heavy atom. The van der Waals surface area contributed by atoms with Crippen molar-refractivity contribution in [2.45, 2.75) is 6.42 Å². The second-order valence-electron chi connectivity index (χ2n) is 5.67. The van der Waals surface area contributed by atoms with Crippen LogP contribution in [0.15, 0.2) is 18.2 Å². The van der Waals surface area contributed by atoms with Gasteiger partial charge < -0.3 is 10.1 Å². The number of nitrogens with one attached hydrogen (secondary N) is 1. The van der Waals surface area contributed by atoms with Gasteiger partial charge in [-0.3, -0.25) is 4.90 Å². The highest BCUT2D eigenvalue weighted by Crippen LogP contribution is 2.32. The number of rotatable bonds is 4. The Hall–Kier alpha value is -0.480. The number of ether oxygens (including phenoxy) is 1. The summed E-state index contributed by atoms with van der Waals surface area (Å²) in [6.07, 6.45) is 1.30. The van der Waals surface area contributed by atoms with Crippen LogP contribution in [0.25, 0.3) is 0 Å². The maximum absolute atomic E-state index is 6.09. The fourth-order valence-corrected chi connectivity index (χ4v) is 3.72. The second-order valence-corrected chi connectivity index (χ2v) is 6.48. The number of piperidine rings is 1. The van der Waals surface area contributed by atoms with Crippen LogP contribution in [0.4, 0.5) is 0 Å². The first-order chi connectivity index (χ1) is 9.74. The van der Waals surface area contributed by atoms with Crippen LogP contribution in [0.5, 0.6) is 5.75 Å². The van der Waals surface area contributed by atoms with Crippen LogP contribution in [0.1, 0.15) is 6.42 Å². The minimum absolute atomic E-state index is 0.580. The van der Waals surface area contributed by atoms with Crippen molar-refractivity contribution in [3.05, 3.63) is 28.2 Å². The van der Waals surface area contributed by atoms with Gasteiger partial charge in [0.05, 0.1) is 10.0 Å². The molecular formula is C15H20Cl2N2O. The molecule has 2 atom stereocenters. The Morgan fingerprint density at radius 3 is 2.75 bits per heavy atom. The summed E-state index contributed by atoms with van der Waals surface area (Å²) >= 11 is 12.2. The van der Waals surface area contributed by atoms with Crippen molar-refractivity contribution in [1.82, 2.24) is 10.2 Å². The van der Waals surface area contributed by atoms with Gasteiger partial charge in [0.1, 0.15) is 6.61 Å². The molecule has 0 aromatic heterocycles. The molecule has 2 saturated heterocycles. The highest BCUT2D eigenvalue weighted by Gasteiger charge is 2.32. The van der Waals surface area contributed by atoms with Crippen LogP contribution < -0.4 is 10.1 Å².